The fourth-order valence-electron chi connectivity index (χ4n) is 3.10. The van der Waals surface area contributed by atoms with Gasteiger partial charge in [-0.2, -0.15) is 5.10 Å². The smallest absolute Gasteiger partial charge is 0.0597 e. The van der Waals surface area contributed by atoms with E-state index in [0.717, 1.165) is 18.8 Å². The monoisotopic (exact) mass is 293 g/mol. The van der Waals surface area contributed by atoms with E-state index in [1.807, 2.05) is 11.7 Å². The van der Waals surface area contributed by atoms with E-state index >= 15 is 0 Å². The van der Waals surface area contributed by atoms with Crippen LogP contribution in [0.25, 0.3) is 0 Å². The van der Waals surface area contributed by atoms with Gasteiger partial charge in [-0.3, -0.25) is 9.58 Å². The SMILES string of the molecule is Cc1cc(CN2CCCN(CCCCCN)CC2)n(C)n1. The molecular formula is C16H31N5. The second-order valence-corrected chi connectivity index (χ2v) is 6.22. The molecule has 0 unspecified atom stereocenters. The Morgan fingerprint density at radius 2 is 1.86 bits per heavy atom. The largest absolute Gasteiger partial charge is 0.330 e. The standard InChI is InChI=1S/C16H31N5/c1-15-13-16(19(2)18-15)14-21-10-6-9-20(11-12-21)8-5-3-4-7-17/h13H,3-12,14,17H2,1-2H3. The second-order valence-electron chi connectivity index (χ2n) is 6.22. The maximum atomic E-state index is 5.55. The molecule has 0 atom stereocenters. The summed E-state index contributed by atoms with van der Waals surface area (Å²) in [4.78, 5) is 5.18. The molecule has 21 heavy (non-hydrogen) atoms. The first kappa shape index (κ1) is 16.5. The Hall–Kier alpha value is -0.910. The summed E-state index contributed by atoms with van der Waals surface area (Å²) in [6, 6.07) is 2.20. The molecule has 1 aromatic rings. The number of hydrogen-bond donors (Lipinski definition) is 1. The van der Waals surface area contributed by atoms with E-state index in [9.17, 15) is 0 Å². The molecule has 2 N–H and O–H groups in total. The minimum Gasteiger partial charge on any atom is -0.330 e. The summed E-state index contributed by atoms with van der Waals surface area (Å²) in [7, 11) is 2.05. The van der Waals surface area contributed by atoms with Crippen LogP contribution < -0.4 is 5.73 Å². The molecule has 1 aliphatic rings. The predicted octanol–water partition coefficient (Wildman–Crippen LogP) is 1.37. The first-order chi connectivity index (χ1) is 10.2. The second kappa shape index (κ2) is 8.51. The van der Waals surface area contributed by atoms with Gasteiger partial charge >= 0.3 is 0 Å². The van der Waals surface area contributed by atoms with Gasteiger partial charge in [-0.25, -0.2) is 0 Å². The van der Waals surface area contributed by atoms with Gasteiger partial charge in [0.1, 0.15) is 0 Å². The van der Waals surface area contributed by atoms with Crippen molar-refractivity contribution < 1.29 is 0 Å². The fourth-order valence-corrected chi connectivity index (χ4v) is 3.10. The first-order valence-corrected chi connectivity index (χ1v) is 8.33. The van der Waals surface area contributed by atoms with Crippen LogP contribution in [0.5, 0.6) is 0 Å². The summed E-state index contributed by atoms with van der Waals surface area (Å²) in [5.74, 6) is 0. The number of hydrogen-bond acceptors (Lipinski definition) is 4. The molecule has 2 rings (SSSR count). The summed E-state index contributed by atoms with van der Waals surface area (Å²) in [6.45, 7) is 9.96. The van der Waals surface area contributed by atoms with Crippen molar-refractivity contribution in [3.8, 4) is 0 Å². The van der Waals surface area contributed by atoms with E-state index in [2.05, 4.69) is 27.9 Å². The Morgan fingerprint density at radius 1 is 1.10 bits per heavy atom. The number of rotatable bonds is 7. The number of nitrogens with zero attached hydrogens (tertiary/aromatic N) is 4. The molecule has 1 saturated heterocycles. The van der Waals surface area contributed by atoms with Crippen molar-refractivity contribution in [1.29, 1.82) is 0 Å². The molecule has 2 heterocycles. The highest BCUT2D eigenvalue weighted by molar-refractivity contribution is 5.08. The Labute approximate surface area is 129 Å². The fraction of sp³-hybridized carbons (Fsp3) is 0.812. The Morgan fingerprint density at radius 3 is 2.57 bits per heavy atom. The molecular weight excluding hydrogens is 262 g/mol. The first-order valence-electron chi connectivity index (χ1n) is 8.33. The minimum atomic E-state index is 0.831. The Bertz CT molecular complexity index is 415. The van der Waals surface area contributed by atoms with E-state index < -0.39 is 0 Å². The lowest BCUT2D eigenvalue weighted by atomic mass is 10.2. The lowest BCUT2D eigenvalue weighted by molar-refractivity contribution is 0.245. The lowest BCUT2D eigenvalue weighted by Gasteiger charge is -2.21. The van der Waals surface area contributed by atoms with Gasteiger partial charge in [-0.05, 0) is 58.4 Å². The van der Waals surface area contributed by atoms with Crippen LogP contribution in [0.1, 0.15) is 37.1 Å². The molecule has 0 radical (unpaired) electrons. The van der Waals surface area contributed by atoms with Crippen molar-refractivity contribution in [1.82, 2.24) is 19.6 Å². The topological polar surface area (TPSA) is 50.3 Å². The normalized spacial score (nSPS) is 18.0. The van der Waals surface area contributed by atoms with Crippen LogP contribution in [-0.4, -0.2) is 58.8 Å². The van der Waals surface area contributed by atoms with Gasteiger partial charge in [0, 0.05) is 26.7 Å². The van der Waals surface area contributed by atoms with E-state index in [-0.39, 0.29) is 0 Å². The molecule has 0 amide bonds. The van der Waals surface area contributed by atoms with Gasteiger partial charge in [0.05, 0.1) is 11.4 Å². The van der Waals surface area contributed by atoms with Crippen LogP contribution in [0, 0.1) is 6.92 Å². The molecule has 1 fully saturated rings. The van der Waals surface area contributed by atoms with Crippen LogP contribution in [0.2, 0.25) is 0 Å². The zero-order valence-corrected chi connectivity index (χ0v) is 13.7. The van der Waals surface area contributed by atoms with Gasteiger partial charge in [0.25, 0.3) is 0 Å². The van der Waals surface area contributed by atoms with Crippen molar-refractivity contribution in [3.63, 3.8) is 0 Å². The van der Waals surface area contributed by atoms with Gasteiger partial charge in [-0.15, -0.1) is 0 Å². The summed E-state index contributed by atoms with van der Waals surface area (Å²) < 4.78 is 2.02. The summed E-state index contributed by atoms with van der Waals surface area (Å²) in [6.07, 6.45) is 5.00. The number of aryl methyl sites for hydroxylation is 2. The third-order valence-corrected chi connectivity index (χ3v) is 4.34. The van der Waals surface area contributed by atoms with Crippen molar-refractivity contribution in [2.45, 2.75) is 39.2 Å². The molecule has 0 spiro atoms. The molecule has 120 valence electrons. The predicted molar refractivity (Wildman–Crippen MR) is 87.2 cm³/mol. The van der Waals surface area contributed by atoms with Gasteiger partial charge in [-0.1, -0.05) is 6.42 Å². The third kappa shape index (κ3) is 5.41. The van der Waals surface area contributed by atoms with Crippen LogP contribution in [0.3, 0.4) is 0 Å². The van der Waals surface area contributed by atoms with E-state index in [1.165, 1.54) is 64.1 Å². The van der Waals surface area contributed by atoms with Gasteiger partial charge in [0.2, 0.25) is 0 Å². The van der Waals surface area contributed by atoms with Gasteiger partial charge < -0.3 is 10.6 Å². The van der Waals surface area contributed by atoms with E-state index in [4.69, 9.17) is 5.73 Å². The highest BCUT2D eigenvalue weighted by Gasteiger charge is 2.16. The number of unbranched alkanes of at least 4 members (excludes halogenated alkanes) is 2. The molecule has 0 aliphatic carbocycles. The summed E-state index contributed by atoms with van der Waals surface area (Å²) in [5.41, 5.74) is 7.99. The molecule has 1 aromatic heterocycles. The highest BCUT2D eigenvalue weighted by atomic mass is 15.3. The highest BCUT2D eigenvalue weighted by Crippen LogP contribution is 2.10. The van der Waals surface area contributed by atoms with Crippen molar-refractivity contribution in [3.05, 3.63) is 17.5 Å². The Kier molecular flexibility index (Phi) is 6.67. The zero-order chi connectivity index (χ0) is 15.1. The zero-order valence-electron chi connectivity index (χ0n) is 13.7. The van der Waals surface area contributed by atoms with E-state index in [1.54, 1.807) is 0 Å². The van der Waals surface area contributed by atoms with Crippen molar-refractivity contribution in [2.75, 3.05) is 39.3 Å². The molecule has 0 aromatic carbocycles. The average molecular weight is 293 g/mol. The van der Waals surface area contributed by atoms with Gasteiger partial charge in [0.15, 0.2) is 0 Å². The van der Waals surface area contributed by atoms with Crippen LogP contribution in [-0.2, 0) is 13.6 Å². The quantitative estimate of drug-likeness (QED) is 0.771. The maximum Gasteiger partial charge on any atom is 0.0597 e. The Balaban J connectivity index is 1.74. The average Bonchev–Trinajstić information content (AvgIpc) is 2.65. The molecule has 5 nitrogen and oxygen atoms in total. The molecule has 1 aliphatic heterocycles. The minimum absolute atomic E-state index is 0.831. The summed E-state index contributed by atoms with van der Waals surface area (Å²) >= 11 is 0. The van der Waals surface area contributed by atoms with Crippen molar-refractivity contribution in [2.24, 2.45) is 12.8 Å². The van der Waals surface area contributed by atoms with Crippen LogP contribution in [0.15, 0.2) is 6.07 Å². The maximum absolute atomic E-state index is 5.55. The summed E-state index contributed by atoms with van der Waals surface area (Å²) in [5, 5.41) is 4.44. The lowest BCUT2D eigenvalue weighted by Crippen LogP contribution is -2.31. The molecule has 0 saturated carbocycles. The van der Waals surface area contributed by atoms with E-state index in [0.29, 0.717) is 0 Å². The number of nitrogens with two attached hydrogens (primary N) is 1. The number of aromatic nitrogens is 2. The van der Waals surface area contributed by atoms with Crippen molar-refractivity contribution >= 4 is 0 Å². The third-order valence-electron chi connectivity index (χ3n) is 4.34. The molecule has 0 bridgehead atoms. The van der Waals surface area contributed by atoms with Crippen LogP contribution in [0.4, 0.5) is 0 Å². The molecule has 5 heteroatoms. The van der Waals surface area contributed by atoms with Crippen LogP contribution >= 0.6 is 0 Å².